The van der Waals surface area contributed by atoms with Gasteiger partial charge in [-0.1, -0.05) is 18.2 Å². The van der Waals surface area contributed by atoms with Crippen LogP contribution in [0.2, 0.25) is 0 Å². The zero-order valence-electron chi connectivity index (χ0n) is 13.6. The molecule has 2 aromatic rings. The summed E-state index contributed by atoms with van der Waals surface area (Å²) < 4.78 is 40.7. The van der Waals surface area contributed by atoms with Gasteiger partial charge in [0.25, 0.3) is 15.9 Å². The molecule has 6 nitrogen and oxygen atoms in total. The molecule has 0 spiro atoms. The van der Waals surface area contributed by atoms with Crippen LogP contribution in [-0.4, -0.2) is 44.0 Å². The van der Waals surface area contributed by atoms with Crippen molar-refractivity contribution in [3.8, 4) is 0 Å². The number of hydrogen-bond donors (Lipinski definition) is 2. The van der Waals surface area contributed by atoms with E-state index in [2.05, 4.69) is 4.72 Å². The van der Waals surface area contributed by atoms with Gasteiger partial charge in [-0.2, -0.15) is 0 Å². The number of aliphatic hydroxyl groups is 1. The summed E-state index contributed by atoms with van der Waals surface area (Å²) in [6, 6.07) is 10.9. The molecule has 0 fully saturated rings. The maximum absolute atomic E-state index is 13.7. The summed E-state index contributed by atoms with van der Waals surface area (Å²) in [4.78, 5) is 13.6. The highest BCUT2D eigenvalue weighted by Gasteiger charge is 2.20. The lowest BCUT2D eigenvalue weighted by atomic mass is 10.2. The Kier molecular flexibility index (Phi) is 6.11. The van der Waals surface area contributed by atoms with Crippen LogP contribution in [0.5, 0.6) is 0 Å². The Morgan fingerprint density at radius 1 is 1.20 bits per heavy atom. The van der Waals surface area contributed by atoms with Gasteiger partial charge in [0.15, 0.2) is 0 Å². The monoisotopic (exact) mass is 366 g/mol. The number of rotatable bonds is 7. The van der Waals surface area contributed by atoms with Gasteiger partial charge >= 0.3 is 0 Å². The Bertz CT molecular complexity index is 855. The largest absolute Gasteiger partial charge is 0.395 e. The van der Waals surface area contributed by atoms with Crippen molar-refractivity contribution in [2.24, 2.45) is 0 Å². The molecular weight excluding hydrogens is 347 g/mol. The third-order valence-corrected chi connectivity index (χ3v) is 4.91. The maximum Gasteiger partial charge on any atom is 0.262 e. The quantitative estimate of drug-likeness (QED) is 0.785. The fourth-order valence-electron chi connectivity index (χ4n) is 2.25. The average Bonchev–Trinajstić information content (AvgIpc) is 2.61. The summed E-state index contributed by atoms with van der Waals surface area (Å²) in [5.41, 5.74) is 0.00130. The standard InChI is InChI=1S/C17H19FN2O4S/c1-2-20(10-11-21)17(22)13-6-5-7-14(12-13)25(23,24)19-16-9-4-3-8-15(16)18/h3-9,12,19,21H,2,10-11H2,1H3. The second-order valence-electron chi connectivity index (χ2n) is 5.22. The lowest BCUT2D eigenvalue weighted by Crippen LogP contribution is -2.33. The van der Waals surface area contributed by atoms with Crippen molar-refractivity contribution in [3.63, 3.8) is 0 Å². The number of anilines is 1. The molecular formula is C17H19FN2O4S. The second kappa shape index (κ2) is 8.09. The van der Waals surface area contributed by atoms with Crippen molar-refractivity contribution < 1.29 is 22.7 Å². The fraction of sp³-hybridized carbons (Fsp3) is 0.235. The van der Waals surface area contributed by atoms with Crippen molar-refractivity contribution in [1.29, 1.82) is 0 Å². The predicted molar refractivity (Wildman–Crippen MR) is 92.3 cm³/mol. The van der Waals surface area contributed by atoms with Gasteiger partial charge in [0.2, 0.25) is 0 Å². The molecule has 0 aliphatic heterocycles. The maximum atomic E-state index is 13.7. The van der Waals surface area contributed by atoms with Crippen molar-refractivity contribution in [2.75, 3.05) is 24.4 Å². The van der Waals surface area contributed by atoms with E-state index in [1.54, 1.807) is 6.92 Å². The normalized spacial score (nSPS) is 11.2. The summed E-state index contributed by atoms with van der Waals surface area (Å²) in [7, 11) is -4.05. The molecule has 25 heavy (non-hydrogen) atoms. The highest BCUT2D eigenvalue weighted by atomic mass is 32.2. The third kappa shape index (κ3) is 4.55. The number of nitrogens with one attached hydrogen (secondary N) is 1. The average molecular weight is 366 g/mol. The Morgan fingerprint density at radius 2 is 1.92 bits per heavy atom. The lowest BCUT2D eigenvalue weighted by Gasteiger charge is -2.20. The van der Waals surface area contributed by atoms with Gasteiger partial charge in [-0.15, -0.1) is 0 Å². The van der Waals surface area contributed by atoms with Crippen LogP contribution in [0, 0.1) is 5.82 Å². The summed E-state index contributed by atoms with van der Waals surface area (Å²) in [5, 5.41) is 9.00. The van der Waals surface area contributed by atoms with E-state index in [1.807, 2.05) is 0 Å². The molecule has 0 saturated heterocycles. The van der Waals surface area contributed by atoms with Crippen LogP contribution in [0.15, 0.2) is 53.4 Å². The van der Waals surface area contributed by atoms with Crippen molar-refractivity contribution in [3.05, 3.63) is 59.9 Å². The fourth-order valence-corrected chi connectivity index (χ4v) is 3.36. The van der Waals surface area contributed by atoms with Gasteiger partial charge in [0, 0.05) is 18.7 Å². The van der Waals surface area contributed by atoms with E-state index in [4.69, 9.17) is 5.11 Å². The van der Waals surface area contributed by atoms with Crippen molar-refractivity contribution in [2.45, 2.75) is 11.8 Å². The zero-order chi connectivity index (χ0) is 18.4. The van der Waals surface area contributed by atoms with Gasteiger partial charge in [-0.05, 0) is 37.3 Å². The van der Waals surface area contributed by atoms with E-state index < -0.39 is 15.8 Å². The van der Waals surface area contributed by atoms with Crippen LogP contribution >= 0.6 is 0 Å². The van der Waals surface area contributed by atoms with Crippen LogP contribution in [0.4, 0.5) is 10.1 Å². The number of halogens is 1. The number of sulfonamides is 1. The Hall–Kier alpha value is -2.45. The number of aliphatic hydroxyl groups excluding tert-OH is 1. The van der Waals surface area contributed by atoms with E-state index in [9.17, 15) is 17.6 Å². The number of para-hydroxylation sites is 1. The first-order valence-electron chi connectivity index (χ1n) is 7.66. The van der Waals surface area contributed by atoms with E-state index in [0.717, 1.165) is 6.07 Å². The molecule has 8 heteroatoms. The minimum Gasteiger partial charge on any atom is -0.395 e. The molecule has 1 amide bonds. The Labute approximate surface area is 146 Å². The zero-order valence-corrected chi connectivity index (χ0v) is 14.5. The van der Waals surface area contributed by atoms with Crippen molar-refractivity contribution in [1.82, 2.24) is 4.90 Å². The number of nitrogens with zero attached hydrogens (tertiary/aromatic N) is 1. The third-order valence-electron chi connectivity index (χ3n) is 3.55. The van der Waals surface area contributed by atoms with Gasteiger partial charge in [0.1, 0.15) is 5.82 Å². The minimum atomic E-state index is -4.05. The number of carbonyl (C=O) groups excluding carboxylic acids is 1. The first kappa shape index (κ1) is 18.9. The Balaban J connectivity index is 2.31. The van der Waals surface area contributed by atoms with E-state index in [1.165, 1.54) is 47.4 Å². The molecule has 0 aliphatic carbocycles. The topological polar surface area (TPSA) is 86.7 Å². The van der Waals surface area contributed by atoms with E-state index in [-0.39, 0.29) is 35.2 Å². The smallest absolute Gasteiger partial charge is 0.262 e. The molecule has 0 heterocycles. The van der Waals surface area contributed by atoms with Crippen LogP contribution in [0.25, 0.3) is 0 Å². The van der Waals surface area contributed by atoms with Crippen LogP contribution in [-0.2, 0) is 10.0 Å². The summed E-state index contributed by atoms with van der Waals surface area (Å²) in [6.07, 6.45) is 0. The Morgan fingerprint density at radius 3 is 2.56 bits per heavy atom. The van der Waals surface area contributed by atoms with Gasteiger partial charge < -0.3 is 10.0 Å². The lowest BCUT2D eigenvalue weighted by molar-refractivity contribution is 0.0731. The molecule has 2 rings (SSSR count). The molecule has 0 bridgehead atoms. The highest BCUT2D eigenvalue weighted by molar-refractivity contribution is 7.92. The first-order chi connectivity index (χ1) is 11.9. The first-order valence-corrected chi connectivity index (χ1v) is 9.15. The number of hydrogen-bond acceptors (Lipinski definition) is 4. The van der Waals surface area contributed by atoms with E-state index in [0.29, 0.717) is 6.54 Å². The summed E-state index contributed by atoms with van der Waals surface area (Å²) in [6.45, 7) is 2.10. The summed E-state index contributed by atoms with van der Waals surface area (Å²) >= 11 is 0. The van der Waals surface area contributed by atoms with Crippen molar-refractivity contribution >= 4 is 21.6 Å². The molecule has 0 atom stereocenters. The van der Waals surface area contributed by atoms with E-state index >= 15 is 0 Å². The minimum absolute atomic E-state index is 0.151. The van der Waals surface area contributed by atoms with Gasteiger partial charge in [0.05, 0.1) is 17.2 Å². The predicted octanol–water partition coefficient (Wildman–Crippen LogP) is 2.08. The van der Waals surface area contributed by atoms with Crippen LogP contribution in [0.1, 0.15) is 17.3 Å². The number of carbonyl (C=O) groups is 1. The van der Waals surface area contributed by atoms with Crippen LogP contribution in [0.3, 0.4) is 0 Å². The molecule has 2 N–H and O–H groups in total. The number of likely N-dealkylation sites (N-methyl/N-ethyl adjacent to an activating group) is 1. The van der Waals surface area contributed by atoms with Gasteiger partial charge in [-0.3, -0.25) is 9.52 Å². The summed E-state index contributed by atoms with van der Waals surface area (Å²) in [5.74, 6) is -1.09. The molecule has 0 saturated carbocycles. The second-order valence-corrected chi connectivity index (χ2v) is 6.90. The molecule has 134 valence electrons. The molecule has 0 aromatic heterocycles. The number of amides is 1. The molecule has 0 unspecified atom stereocenters. The molecule has 0 radical (unpaired) electrons. The molecule has 2 aromatic carbocycles. The SMILES string of the molecule is CCN(CCO)C(=O)c1cccc(S(=O)(=O)Nc2ccccc2F)c1. The van der Waals surface area contributed by atoms with Gasteiger partial charge in [-0.25, -0.2) is 12.8 Å². The highest BCUT2D eigenvalue weighted by Crippen LogP contribution is 2.20. The number of benzene rings is 2. The molecule has 0 aliphatic rings. The van der Waals surface area contributed by atoms with Crippen LogP contribution < -0.4 is 4.72 Å².